The van der Waals surface area contributed by atoms with E-state index in [2.05, 4.69) is 4.74 Å². The smallest absolute Gasteiger partial charge is 0.375 e. The topological polar surface area (TPSA) is 60.4 Å². The van der Waals surface area contributed by atoms with E-state index in [0.717, 1.165) is 0 Å². The largest absolute Gasteiger partial charge is 0.459 e. The first-order valence-electron chi connectivity index (χ1n) is 2.84. The third-order valence-electron chi connectivity index (χ3n) is 1.39. The van der Waals surface area contributed by atoms with Gasteiger partial charge in [-0.05, 0) is 6.92 Å². The van der Waals surface area contributed by atoms with Crippen LogP contribution in [-0.4, -0.2) is 24.1 Å². The Morgan fingerprint density at radius 1 is 1.60 bits per heavy atom. The van der Waals surface area contributed by atoms with Crippen LogP contribution in [0.3, 0.4) is 0 Å². The van der Waals surface area contributed by atoms with Gasteiger partial charge in [0.1, 0.15) is 18.3 Å². The summed E-state index contributed by atoms with van der Waals surface area (Å²) in [5.41, 5.74) is 0. The number of esters is 1. The molecule has 0 spiro atoms. The third-order valence-corrected chi connectivity index (χ3v) is 1.39. The van der Waals surface area contributed by atoms with Crippen molar-refractivity contribution in [3.63, 3.8) is 0 Å². The van der Waals surface area contributed by atoms with Crippen LogP contribution < -0.4 is 0 Å². The molecule has 1 aliphatic heterocycles. The van der Waals surface area contributed by atoms with E-state index in [-0.39, 0.29) is 12.4 Å². The highest BCUT2D eigenvalue weighted by atomic mass is 16.5. The number of carbonyl (C=O) groups is 3. The highest BCUT2D eigenvalue weighted by Crippen LogP contribution is 2.10. The van der Waals surface area contributed by atoms with Gasteiger partial charge in [0.2, 0.25) is 0 Å². The number of cyclic esters (lactones) is 1. The van der Waals surface area contributed by atoms with Crippen LogP contribution in [0.15, 0.2) is 0 Å². The predicted octanol–water partition coefficient (Wildman–Crippen LogP) is -0.683. The summed E-state index contributed by atoms with van der Waals surface area (Å²) in [7, 11) is 0. The van der Waals surface area contributed by atoms with Crippen LogP contribution in [-0.2, 0) is 19.1 Å². The van der Waals surface area contributed by atoms with Gasteiger partial charge < -0.3 is 4.74 Å². The number of Topliss-reactive ketones (excluding diaryl/α,β-unsaturated/α-hetero) is 2. The van der Waals surface area contributed by atoms with Gasteiger partial charge in [-0.15, -0.1) is 0 Å². The molecule has 1 saturated heterocycles. The molecule has 0 saturated carbocycles. The minimum Gasteiger partial charge on any atom is -0.459 e. The molecule has 4 heteroatoms. The van der Waals surface area contributed by atoms with Gasteiger partial charge in [-0.2, -0.15) is 0 Å². The van der Waals surface area contributed by atoms with Crippen LogP contribution in [0.4, 0.5) is 0 Å². The molecule has 0 aromatic rings. The van der Waals surface area contributed by atoms with E-state index in [1.807, 2.05) is 0 Å². The molecule has 0 radical (unpaired) electrons. The quantitative estimate of drug-likeness (QED) is 0.276. The molecule has 0 unspecified atom stereocenters. The summed E-state index contributed by atoms with van der Waals surface area (Å²) in [6.45, 7) is 1.19. The lowest BCUT2D eigenvalue weighted by Gasteiger charge is -1.94. The van der Waals surface area contributed by atoms with E-state index in [0.29, 0.717) is 0 Å². The Bertz CT molecular complexity index is 206. The molecule has 0 bridgehead atoms. The fourth-order valence-corrected chi connectivity index (χ4v) is 0.750. The van der Waals surface area contributed by atoms with E-state index in [1.54, 1.807) is 0 Å². The van der Waals surface area contributed by atoms with Gasteiger partial charge >= 0.3 is 5.97 Å². The molecular formula is C6H6O4. The number of hydrogen-bond donors (Lipinski definition) is 0. The average Bonchev–Trinajstić information content (AvgIpc) is 2.14. The Labute approximate surface area is 57.2 Å². The van der Waals surface area contributed by atoms with Gasteiger partial charge in [0, 0.05) is 0 Å². The molecule has 0 aliphatic carbocycles. The summed E-state index contributed by atoms with van der Waals surface area (Å²) in [6.07, 6.45) is 0. The van der Waals surface area contributed by atoms with Crippen LogP contribution in [0.5, 0.6) is 0 Å². The fraction of sp³-hybridized carbons (Fsp3) is 0.500. The maximum Gasteiger partial charge on any atom is 0.375 e. The molecular weight excluding hydrogens is 136 g/mol. The number of hydrogen-bond acceptors (Lipinski definition) is 4. The third kappa shape index (κ3) is 0.920. The highest BCUT2D eigenvalue weighted by molar-refractivity contribution is 6.40. The molecule has 1 fully saturated rings. The fourth-order valence-electron chi connectivity index (χ4n) is 0.750. The van der Waals surface area contributed by atoms with Gasteiger partial charge in [0.25, 0.3) is 5.78 Å². The highest BCUT2D eigenvalue weighted by Gasteiger charge is 2.37. The normalized spacial score (nSPS) is 24.7. The minimum atomic E-state index is -0.889. The van der Waals surface area contributed by atoms with Gasteiger partial charge in [0.15, 0.2) is 0 Å². The van der Waals surface area contributed by atoms with Crippen LogP contribution in [0.25, 0.3) is 0 Å². The van der Waals surface area contributed by atoms with Gasteiger partial charge in [-0.25, -0.2) is 4.79 Å². The van der Waals surface area contributed by atoms with Crippen molar-refractivity contribution in [2.24, 2.45) is 5.92 Å². The Morgan fingerprint density at radius 3 is 2.40 bits per heavy atom. The van der Waals surface area contributed by atoms with Crippen LogP contribution in [0.1, 0.15) is 6.92 Å². The molecule has 1 rings (SSSR count). The Balaban J connectivity index is 2.76. The van der Waals surface area contributed by atoms with Crippen molar-refractivity contribution in [3.8, 4) is 0 Å². The SMILES string of the molecule is CC(=O)[C@H]1COC(=O)C1=O. The predicted molar refractivity (Wildman–Crippen MR) is 30.1 cm³/mol. The second kappa shape index (κ2) is 2.21. The summed E-state index contributed by atoms with van der Waals surface area (Å²) in [6, 6.07) is 0. The van der Waals surface area contributed by atoms with E-state index in [9.17, 15) is 14.4 Å². The summed E-state index contributed by atoms with van der Waals surface area (Å²) < 4.78 is 4.33. The maximum atomic E-state index is 10.7. The zero-order valence-corrected chi connectivity index (χ0v) is 5.42. The van der Waals surface area contributed by atoms with Crippen molar-refractivity contribution in [3.05, 3.63) is 0 Å². The first-order valence-corrected chi connectivity index (χ1v) is 2.84. The van der Waals surface area contributed by atoms with Crippen molar-refractivity contribution in [2.75, 3.05) is 6.61 Å². The molecule has 10 heavy (non-hydrogen) atoms. The zero-order chi connectivity index (χ0) is 7.72. The maximum absolute atomic E-state index is 10.7. The van der Waals surface area contributed by atoms with Crippen molar-refractivity contribution in [1.29, 1.82) is 0 Å². The average molecular weight is 142 g/mol. The molecule has 1 atom stereocenters. The minimum absolute atomic E-state index is 0.0764. The van der Waals surface area contributed by atoms with Gasteiger partial charge in [-0.1, -0.05) is 0 Å². The van der Waals surface area contributed by atoms with Crippen molar-refractivity contribution < 1.29 is 19.1 Å². The van der Waals surface area contributed by atoms with E-state index < -0.39 is 17.7 Å². The van der Waals surface area contributed by atoms with Gasteiger partial charge in [0.05, 0.1) is 0 Å². The number of ketones is 2. The van der Waals surface area contributed by atoms with E-state index in [4.69, 9.17) is 0 Å². The monoisotopic (exact) mass is 142 g/mol. The second-order valence-electron chi connectivity index (χ2n) is 2.13. The van der Waals surface area contributed by atoms with Crippen molar-refractivity contribution in [1.82, 2.24) is 0 Å². The standard InChI is InChI=1S/C6H6O4/c1-3(7)4-2-10-6(9)5(4)8/h4H,2H2,1H3/t4-/m1/s1. The number of carbonyl (C=O) groups excluding carboxylic acids is 3. The lowest BCUT2D eigenvalue weighted by Crippen LogP contribution is -2.21. The van der Waals surface area contributed by atoms with E-state index in [1.165, 1.54) is 6.92 Å². The first kappa shape index (κ1) is 6.92. The summed E-state index contributed by atoms with van der Waals surface area (Å²) in [5, 5.41) is 0. The molecule has 1 aliphatic rings. The molecule has 0 amide bonds. The number of rotatable bonds is 1. The Kier molecular flexibility index (Phi) is 1.53. The Morgan fingerprint density at radius 2 is 2.20 bits per heavy atom. The van der Waals surface area contributed by atoms with Crippen LogP contribution in [0, 0.1) is 5.92 Å². The Hall–Kier alpha value is -1.19. The zero-order valence-electron chi connectivity index (χ0n) is 5.42. The van der Waals surface area contributed by atoms with Crippen LogP contribution >= 0.6 is 0 Å². The van der Waals surface area contributed by atoms with Crippen LogP contribution in [0.2, 0.25) is 0 Å². The number of ether oxygens (including phenoxy) is 1. The summed E-state index contributed by atoms with van der Waals surface area (Å²) >= 11 is 0. The first-order chi connectivity index (χ1) is 4.63. The lowest BCUT2D eigenvalue weighted by atomic mass is 10.0. The molecule has 0 aromatic carbocycles. The second-order valence-corrected chi connectivity index (χ2v) is 2.13. The summed E-state index contributed by atoms with van der Waals surface area (Å²) in [5.74, 6) is -2.75. The molecule has 0 aromatic heterocycles. The van der Waals surface area contributed by atoms with Gasteiger partial charge in [-0.3, -0.25) is 9.59 Å². The molecule has 4 nitrogen and oxygen atoms in total. The molecule has 54 valence electrons. The van der Waals surface area contributed by atoms with Crippen molar-refractivity contribution in [2.45, 2.75) is 6.92 Å². The summed E-state index contributed by atoms with van der Waals surface area (Å²) in [4.78, 5) is 31.6. The lowest BCUT2D eigenvalue weighted by molar-refractivity contribution is -0.147. The van der Waals surface area contributed by atoms with E-state index >= 15 is 0 Å². The molecule has 1 heterocycles. The van der Waals surface area contributed by atoms with Crippen molar-refractivity contribution >= 4 is 17.5 Å². The molecule has 0 N–H and O–H groups in total.